The minimum Gasteiger partial charge on any atom is -0.453 e. The third kappa shape index (κ3) is 6.98. The van der Waals surface area contributed by atoms with Crippen molar-refractivity contribution >= 4 is 20.0 Å². The topological polar surface area (TPSA) is 91.3 Å². The first-order valence-corrected chi connectivity index (χ1v) is 14.8. The quantitative estimate of drug-likeness (QED) is 0.460. The Kier molecular flexibility index (Phi) is 8.42. The van der Waals surface area contributed by atoms with Crippen molar-refractivity contribution in [2.45, 2.75) is 63.3 Å². The van der Waals surface area contributed by atoms with Gasteiger partial charge in [0.25, 0.3) is 0 Å². The van der Waals surface area contributed by atoms with Crippen molar-refractivity contribution in [2.24, 2.45) is 0 Å². The van der Waals surface area contributed by atoms with Crippen LogP contribution in [0.4, 0.5) is 0 Å². The summed E-state index contributed by atoms with van der Waals surface area (Å²) in [6.07, 6.45) is -5.18. The third-order valence-electron chi connectivity index (χ3n) is 5.39. The number of hydrogen-bond acceptors (Lipinski definition) is 7. The van der Waals surface area contributed by atoms with E-state index in [1.807, 2.05) is 0 Å². The highest BCUT2D eigenvalue weighted by atomic mass is 28.3. The lowest BCUT2D eigenvalue weighted by Gasteiger charge is -2.42. The Morgan fingerprint density at radius 1 is 0.879 bits per heavy atom. The summed E-state index contributed by atoms with van der Waals surface area (Å²) < 4.78 is 23.1. The van der Waals surface area contributed by atoms with E-state index in [0.29, 0.717) is 17.7 Å². The Balaban J connectivity index is 1.77. The van der Waals surface area contributed by atoms with Gasteiger partial charge in [-0.15, -0.1) is 0 Å². The summed E-state index contributed by atoms with van der Waals surface area (Å²) in [5, 5.41) is 11.1. The fourth-order valence-corrected chi connectivity index (χ4v) is 4.16. The van der Waals surface area contributed by atoms with Crippen molar-refractivity contribution in [3.8, 4) is 0 Å². The number of carbonyl (C=O) groups excluding carboxylic acids is 2. The molecule has 0 aliphatic carbocycles. The molecule has 0 bridgehead atoms. The molecule has 5 atom stereocenters. The van der Waals surface area contributed by atoms with Gasteiger partial charge >= 0.3 is 11.9 Å². The van der Waals surface area contributed by atoms with Crippen LogP contribution in [-0.4, -0.2) is 62.4 Å². The Morgan fingerprint density at radius 2 is 1.36 bits per heavy atom. The molecule has 1 N–H and O–H groups in total. The molecule has 2 aromatic carbocycles. The lowest BCUT2D eigenvalue weighted by molar-refractivity contribution is -0.290. The second-order valence-corrected chi connectivity index (χ2v) is 15.0. The molecule has 1 saturated heterocycles. The monoisotopic (exact) mass is 472 g/mol. The maximum absolute atomic E-state index is 12.7. The second-order valence-electron chi connectivity index (χ2n) is 9.35. The van der Waals surface area contributed by atoms with E-state index in [1.54, 1.807) is 67.6 Å². The molecule has 7 nitrogen and oxygen atoms in total. The average Bonchev–Trinajstić information content (AvgIpc) is 2.79. The summed E-state index contributed by atoms with van der Waals surface area (Å²) >= 11 is 0. The Labute approximate surface area is 195 Å². The lowest BCUT2D eigenvalue weighted by Crippen LogP contribution is -2.60. The minimum atomic E-state index is -1.38. The molecule has 0 aromatic heterocycles. The molecule has 0 saturated carbocycles. The van der Waals surface area contributed by atoms with Gasteiger partial charge in [0, 0.05) is 14.7 Å². The predicted octanol–water partition coefficient (Wildman–Crippen LogP) is 3.90. The number of rotatable bonds is 8. The first kappa shape index (κ1) is 25.1. The van der Waals surface area contributed by atoms with Crippen molar-refractivity contribution in [3.05, 3.63) is 71.8 Å². The molecule has 1 fully saturated rings. The molecule has 3 rings (SSSR count). The van der Waals surface area contributed by atoms with Gasteiger partial charge in [-0.3, -0.25) is 0 Å². The van der Waals surface area contributed by atoms with Crippen molar-refractivity contribution in [3.63, 3.8) is 0 Å². The summed E-state index contributed by atoms with van der Waals surface area (Å²) in [4.78, 5) is 25.3. The van der Waals surface area contributed by atoms with Crippen LogP contribution in [0.5, 0.6) is 0 Å². The normalized spacial score (nSPS) is 25.3. The molecule has 0 radical (unpaired) electrons. The molecular formula is C25H32O7Si. The molecule has 1 aliphatic heterocycles. The number of esters is 2. The summed E-state index contributed by atoms with van der Waals surface area (Å²) in [5.41, 5.74) is 0.685. The SMILES string of the molecule is C[C@@H]1O[C@@H](OCC[Si](C)(C)C)[C@H](OC(=O)c2ccccc2)[C@H](O)[C@H]1OC(=O)c1ccccc1. The minimum absolute atomic E-state index is 0.335. The lowest BCUT2D eigenvalue weighted by atomic mass is 9.99. The van der Waals surface area contributed by atoms with Gasteiger partial charge in [-0.2, -0.15) is 0 Å². The smallest absolute Gasteiger partial charge is 0.338 e. The summed E-state index contributed by atoms with van der Waals surface area (Å²) in [6.45, 7) is 8.77. The summed E-state index contributed by atoms with van der Waals surface area (Å²) in [5.74, 6) is -1.22. The number of hydrogen-bond donors (Lipinski definition) is 1. The number of aliphatic hydroxyl groups excluding tert-OH is 1. The van der Waals surface area contributed by atoms with Crippen LogP contribution in [0.1, 0.15) is 27.6 Å². The molecule has 178 valence electrons. The molecule has 0 unspecified atom stereocenters. The van der Waals surface area contributed by atoms with Crippen LogP contribution in [0.15, 0.2) is 60.7 Å². The highest BCUT2D eigenvalue weighted by molar-refractivity contribution is 6.76. The molecule has 2 aromatic rings. The molecule has 0 spiro atoms. The van der Waals surface area contributed by atoms with E-state index in [9.17, 15) is 14.7 Å². The molecule has 33 heavy (non-hydrogen) atoms. The van der Waals surface area contributed by atoms with E-state index >= 15 is 0 Å². The maximum atomic E-state index is 12.7. The zero-order valence-corrected chi connectivity index (χ0v) is 20.5. The molecule has 1 aliphatic rings. The van der Waals surface area contributed by atoms with Gasteiger partial charge in [0.2, 0.25) is 0 Å². The summed E-state index contributed by atoms with van der Waals surface area (Å²) in [6, 6.07) is 17.8. The molecular weight excluding hydrogens is 440 g/mol. The van der Waals surface area contributed by atoms with E-state index in [2.05, 4.69) is 19.6 Å². The van der Waals surface area contributed by atoms with Crippen LogP contribution in [0.2, 0.25) is 25.7 Å². The largest absolute Gasteiger partial charge is 0.453 e. The van der Waals surface area contributed by atoms with Crippen LogP contribution in [-0.2, 0) is 18.9 Å². The highest BCUT2D eigenvalue weighted by Crippen LogP contribution is 2.28. The molecule has 1 heterocycles. The number of benzene rings is 2. The predicted molar refractivity (Wildman–Crippen MR) is 126 cm³/mol. The van der Waals surface area contributed by atoms with E-state index in [0.717, 1.165) is 6.04 Å². The van der Waals surface area contributed by atoms with Crippen molar-refractivity contribution in [1.82, 2.24) is 0 Å². The Morgan fingerprint density at radius 3 is 1.85 bits per heavy atom. The van der Waals surface area contributed by atoms with E-state index in [-0.39, 0.29) is 0 Å². The van der Waals surface area contributed by atoms with E-state index < -0.39 is 50.7 Å². The van der Waals surface area contributed by atoms with Gasteiger partial charge < -0.3 is 24.1 Å². The number of aliphatic hydroxyl groups is 1. The first-order chi connectivity index (χ1) is 15.7. The third-order valence-corrected chi connectivity index (χ3v) is 7.10. The van der Waals surface area contributed by atoms with Crippen molar-refractivity contribution in [1.29, 1.82) is 0 Å². The van der Waals surface area contributed by atoms with Gasteiger partial charge in [-0.05, 0) is 37.2 Å². The second kappa shape index (κ2) is 11.1. The number of ether oxygens (including phenoxy) is 4. The van der Waals surface area contributed by atoms with E-state index in [4.69, 9.17) is 18.9 Å². The van der Waals surface area contributed by atoms with Crippen LogP contribution in [0.25, 0.3) is 0 Å². The first-order valence-electron chi connectivity index (χ1n) is 11.1. The molecule has 0 amide bonds. The fourth-order valence-electron chi connectivity index (χ4n) is 3.43. The Hall–Kier alpha value is -2.52. The summed E-state index contributed by atoms with van der Waals surface area (Å²) in [7, 11) is -1.38. The van der Waals surface area contributed by atoms with Gasteiger partial charge in [-0.25, -0.2) is 9.59 Å². The van der Waals surface area contributed by atoms with Gasteiger partial charge in [0.05, 0.1) is 17.2 Å². The zero-order valence-electron chi connectivity index (χ0n) is 19.5. The van der Waals surface area contributed by atoms with Crippen LogP contribution < -0.4 is 0 Å². The zero-order chi connectivity index (χ0) is 24.0. The van der Waals surface area contributed by atoms with Crippen LogP contribution in [0.3, 0.4) is 0 Å². The highest BCUT2D eigenvalue weighted by Gasteiger charge is 2.48. The average molecular weight is 473 g/mol. The van der Waals surface area contributed by atoms with Crippen molar-refractivity contribution < 1.29 is 33.6 Å². The Bertz CT molecular complexity index is 913. The maximum Gasteiger partial charge on any atom is 0.338 e. The van der Waals surface area contributed by atoms with Crippen LogP contribution in [0, 0.1) is 0 Å². The van der Waals surface area contributed by atoms with Gasteiger partial charge in [-0.1, -0.05) is 56.0 Å². The standard InChI is InChI=1S/C25H32O7Si/c1-17-21(31-23(27)18-11-7-5-8-12-18)20(26)22(25(30-17)29-15-16-33(2,3)4)32-24(28)19-13-9-6-10-14-19/h5-14,17,20-22,25-26H,15-16H2,1-4H3/t17-,20+,21-,22+,25+/m0/s1. The number of carbonyl (C=O) groups is 2. The fraction of sp³-hybridized carbons (Fsp3) is 0.440. The van der Waals surface area contributed by atoms with Crippen molar-refractivity contribution in [2.75, 3.05) is 6.61 Å². The van der Waals surface area contributed by atoms with Gasteiger partial charge in [0.1, 0.15) is 6.10 Å². The van der Waals surface area contributed by atoms with Crippen LogP contribution >= 0.6 is 0 Å². The van der Waals surface area contributed by atoms with E-state index in [1.165, 1.54) is 0 Å². The van der Waals surface area contributed by atoms with Gasteiger partial charge in [0.15, 0.2) is 18.5 Å². The molecule has 8 heteroatoms.